The third-order valence-corrected chi connectivity index (χ3v) is 6.42. The fraction of sp³-hybridized carbons (Fsp3) is 0.182. The lowest BCUT2D eigenvalue weighted by Crippen LogP contribution is -2.27. The Bertz CT molecular complexity index is 1250. The van der Waals surface area contributed by atoms with Gasteiger partial charge in [-0.2, -0.15) is 0 Å². The van der Waals surface area contributed by atoms with Crippen LogP contribution in [0, 0.1) is 12.7 Å². The molecule has 2 aromatic heterocycles. The first-order valence-corrected chi connectivity index (χ1v) is 11.6. The Morgan fingerprint density at radius 2 is 1.91 bits per heavy atom. The number of hydrogen-bond donors (Lipinski definition) is 2. The second-order valence-electron chi connectivity index (χ2n) is 6.93. The number of rotatable bonds is 8. The SMILES string of the molecule is Cc1nnc(NC(=O)CSc2cn(CCNC(=O)c3ccc(F)cc3)c3ccccc23)s1. The Morgan fingerprint density at radius 1 is 1.12 bits per heavy atom. The molecular weight excluding hydrogens is 449 g/mol. The van der Waals surface area contributed by atoms with E-state index in [0.29, 0.717) is 23.8 Å². The number of fused-ring (bicyclic) bond motifs is 1. The molecule has 32 heavy (non-hydrogen) atoms. The first-order valence-electron chi connectivity index (χ1n) is 9.84. The number of thioether (sulfide) groups is 1. The summed E-state index contributed by atoms with van der Waals surface area (Å²) in [5, 5.41) is 15.7. The number of hydrogen-bond acceptors (Lipinski definition) is 6. The molecule has 10 heteroatoms. The molecule has 2 heterocycles. The average Bonchev–Trinajstić information content (AvgIpc) is 3.36. The van der Waals surface area contributed by atoms with Crippen molar-refractivity contribution in [3.63, 3.8) is 0 Å². The molecule has 7 nitrogen and oxygen atoms in total. The molecule has 0 aliphatic rings. The number of nitrogens with zero attached hydrogens (tertiary/aromatic N) is 3. The van der Waals surface area contributed by atoms with Crippen molar-refractivity contribution in [3.8, 4) is 0 Å². The van der Waals surface area contributed by atoms with Crippen molar-refractivity contribution in [3.05, 3.63) is 71.1 Å². The Labute approximate surface area is 192 Å². The standard InChI is InChI=1S/C22H20FN5O2S2/c1-14-26-27-22(32-14)25-20(29)13-31-19-12-28(18-5-3-2-4-17(18)19)11-10-24-21(30)15-6-8-16(23)9-7-15/h2-9,12H,10-11,13H2,1H3,(H,24,30)(H,25,27,29). The van der Waals surface area contributed by atoms with Crippen molar-refractivity contribution < 1.29 is 14.0 Å². The van der Waals surface area contributed by atoms with Gasteiger partial charge in [-0.1, -0.05) is 29.5 Å². The highest BCUT2D eigenvalue weighted by Crippen LogP contribution is 2.30. The third kappa shape index (κ3) is 5.32. The molecule has 0 atom stereocenters. The third-order valence-electron chi connectivity index (χ3n) is 4.63. The molecular formula is C22H20FN5O2S2. The van der Waals surface area contributed by atoms with Crippen LogP contribution in [-0.4, -0.2) is 38.9 Å². The largest absolute Gasteiger partial charge is 0.350 e. The van der Waals surface area contributed by atoms with Crippen molar-refractivity contribution in [2.75, 3.05) is 17.6 Å². The quantitative estimate of drug-likeness (QED) is 0.379. The number of halogens is 1. The number of para-hydroxylation sites is 1. The lowest BCUT2D eigenvalue weighted by atomic mass is 10.2. The average molecular weight is 470 g/mol. The van der Waals surface area contributed by atoms with Crippen LogP contribution in [0.5, 0.6) is 0 Å². The minimum absolute atomic E-state index is 0.144. The number of nitrogens with one attached hydrogen (secondary N) is 2. The van der Waals surface area contributed by atoms with Crippen LogP contribution in [0.3, 0.4) is 0 Å². The van der Waals surface area contributed by atoms with Gasteiger partial charge < -0.3 is 9.88 Å². The number of aromatic nitrogens is 3. The van der Waals surface area contributed by atoms with Gasteiger partial charge in [0.2, 0.25) is 11.0 Å². The van der Waals surface area contributed by atoms with E-state index in [4.69, 9.17) is 0 Å². The van der Waals surface area contributed by atoms with Crippen molar-refractivity contribution in [2.24, 2.45) is 0 Å². The Morgan fingerprint density at radius 3 is 2.66 bits per heavy atom. The first kappa shape index (κ1) is 22.0. The number of benzene rings is 2. The second-order valence-corrected chi connectivity index (χ2v) is 9.13. The summed E-state index contributed by atoms with van der Waals surface area (Å²) >= 11 is 2.78. The van der Waals surface area contributed by atoms with Crippen LogP contribution < -0.4 is 10.6 Å². The van der Waals surface area contributed by atoms with Gasteiger partial charge in [-0.25, -0.2) is 4.39 Å². The van der Waals surface area contributed by atoms with Gasteiger partial charge in [-0.05, 0) is 37.3 Å². The van der Waals surface area contributed by atoms with Gasteiger partial charge in [0.15, 0.2) is 0 Å². The van der Waals surface area contributed by atoms with E-state index in [-0.39, 0.29) is 23.4 Å². The van der Waals surface area contributed by atoms with Crippen LogP contribution >= 0.6 is 23.1 Å². The van der Waals surface area contributed by atoms with Gasteiger partial charge in [-0.3, -0.25) is 14.9 Å². The summed E-state index contributed by atoms with van der Waals surface area (Å²) in [5.41, 5.74) is 1.43. The molecule has 0 saturated carbocycles. The molecule has 0 radical (unpaired) electrons. The predicted molar refractivity (Wildman–Crippen MR) is 125 cm³/mol. The number of anilines is 1. The highest BCUT2D eigenvalue weighted by Gasteiger charge is 2.13. The molecule has 2 N–H and O–H groups in total. The molecule has 0 spiro atoms. The lowest BCUT2D eigenvalue weighted by Gasteiger charge is -2.07. The fourth-order valence-corrected chi connectivity index (χ4v) is 4.65. The zero-order chi connectivity index (χ0) is 22.5. The van der Waals surface area contributed by atoms with Crippen molar-refractivity contribution in [1.82, 2.24) is 20.1 Å². The maximum atomic E-state index is 13.0. The topological polar surface area (TPSA) is 88.9 Å². The Kier molecular flexibility index (Phi) is 6.81. The highest BCUT2D eigenvalue weighted by molar-refractivity contribution is 8.00. The van der Waals surface area contributed by atoms with Gasteiger partial charge in [0.1, 0.15) is 10.8 Å². The first-order chi connectivity index (χ1) is 15.5. The van der Waals surface area contributed by atoms with Crippen molar-refractivity contribution >= 4 is 50.9 Å². The van der Waals surface area contributed by atoms with Gasteiger partial charge in [-0.15, -0.1) is 22.0 Å². The monoisotopic (exact) mass is 469 g/mol. The summed E-state index contributed by atoms with van der Waals surface area (Å²) in [6.07, 6.45) is 1.99. The van der Waals surface area contributed by atoms with Crippen molar-refractivity contribution in [2.45, 2.75) is 18.4 Å². The summed E-state index contributed by atoms with van der Waals surface area (Å²) in [6.45, 7) is 2.80. The zero-order valence-electron chi connectivity index (χ0n) is 17.2. The van der Waals surface area contributed by atoms with Gasteiger partial charge in [0.05, 0.1) is 5.75 Å². The molecule has 2 amide bonds. The zero-order valence-corrected chi connectivity index (χ0v) is 18.8. The molecule has 164 valence electrons. The van der Waals surface area contributed by atoms with Gasteiger partial charge in [0.25, 0.3) is 5.91 Å². The predicted octanol–water partition coefficient (Wildman–Crippen LogP) is 4.10. The molecule has 0 fully saturated rings. The molecule has 0 unspecified atom stereocenters. The van der Waals surface area contributed by atoms with Crippen LogP contribution in [0.25, 0.3) is 10.9 Å². The number of carbonyl (C=O) groups is 2. The molecule has 2 aromatic carbocycles. The van der Waals surface area contributed by atoms with E-state index in [1.54, 1.807) is 0 Å². The van der Waals surface area contributed by atoms with Crippen molar-refractivity contribution in [1.29, 1.82) is 0 Å². The van der Waals surface area contributed by atoms with Crippen LogP contribution in [-0.2, 0) is 11.3 Å². The van der Waals surface area contributed by atoms with Crippen LogP contribution in [0.1, 0.15) is 15.4 Å². The maximum absolute atomic E-state index is 13.0. The Balaban J connectivity index is 1.38. The lowest BCUT2D eigenvalue weighted by molar-refractivity contribution is -0.113. The molecule has 4 aromatic rings. The number of aryl methyl sites for hydroxylation is 1. The molecule has 0 aliphatic carbocycles. The van der Waals surface area contributed by atoms with E-state index in [2.05, 4.69) is 25.4 Å². The van der Waals surface area contributed by atoms with Crippen LogP contribution in [0.2, 0.25) is 0 Å². The summed E-state index contributed by atoms with van der Waals surface area (Å²) in [7, 11) is 0. The van der Waals surface area contributed by atoms with Gasteiger partial charge in [0, 0.05) is 40.6 Å². The fourth-order valence-electron chi connectivity index (χ4n) is 3.15. The van der Waals surface area contributed by atoms with E-state index in [1.165, 1.54) is 47.4 Å². The number of carbonyl (C=O) groups excluding carboxylic acids is 2. The van der Waals surface area contributed by atoms with Crippen LogP contribution in [0.15, 0.2) is 59.6 Å². The highest BCUT2D eigenvalue weighted by atomic mass is 32.2. The second kappa shape index (κ2) is 9.92. The van der Waals surface area contributed by atoms with E-state index in [9.17, 15) is 14.0 Å². The normalized spacial score (nSPS) is 10.9. The van der Waals surface area contributed by atoms with E-state index < -0.39 is 0 Å². The summed E-state index contributed by atoms with van der Waals surface area (Å²) in [4.78, 5) is 25.5. The number of amides is 2. The van der Waals surface area contributed by atoms with Crippen LogP contribution in [0.4, 0.5) is 9.52 Å². The molecule has 0 aliphatic heterocycles. The molecule has 4 rings (SSSR count). The van der Waals surface area contributed by atoms with E-state index in [0.717, 1.165) is 20.8 Å². The Hall–Kier alpha value is -3.24. The summed E-state index contributed by atoms with van der Waals surface area (Å²) in [6, 6.07) is 13.4. The smallest absolute Gasteiger partial charge is 0.251 e. The molecule has 0 bridgehead atoms. The van der Waals surface area contributed by atoms with E-state index in [1.807, 2.05) is 37.4 Å². The van der Waals surface area contributed by atoms with E-state index >= 15 is 0 Å². The summed E-state index contributed by atoms with van der Waals surface area (Å²) < 4.78 is 15.1. The summed E-state index contributed by atoms with van der Waals surface area (Å²) in [5.74, 6) is -0.528. The molecule has 0 saturated heterocycles. The maximum Gasteiger partial charge on any atom is 0.251 e. The minimum Gasteiger partial charge on any atom is -0.350 e. The van der Waals surface area contributed by atoms with Gasteiger partial charge >= 0.3 is 0 Å². The minimum atomic E-state index is -0.377.